The van der Waals surface area contributed by atoms with E-state index in [0.717, 1.165) is 31.5 Å². The number of fused-ring (bicyclic) bond motifs is 2. The van der Waals surface area contributed by atoms with Gasteiger partial charge in [-0.2, -0.15) is 0 Å². The molecule has 6 heteroatoms. The van der Waals surface area contributed by atoms with E-state index in [0.29, 0.717) is 24.1 Å². The van der Waals surface area contributed by atoms with Crippen molar-refractivity contribution < 1.29 is 14.3 Å². The van der Waals surface area contributed by atoms with Crippen LogP contribution in [0.4, 0.5) is 10.6 Å². The van der Waals surface area contributed by atoms with Crippen molar-refractivity contribution in [1.29, 1.82) is 0 Å². The van der Waals surface area contributed by atoms with Crippen molar-refractivity contribution >= 4 is 17.7 Å². The Morgan fingerprint density at radius 1 is 1.23 bits per heavy atom. The fraction of sp³-hybridized carbons (Fsp3) is 0.650. The highest BCUT2D eigenvalue weighted by molar-refractivity contribution is 5.95. The molecule has 6 nitrogen and oxygen atoms in total. The molecule has 0 radical (unpaired) electrons. The lowest BCUT2D eigenvalue weighted by atomic mass is 9.97. The standard InChI is InChI=1S/C20H29N3O3/c1-5-17(24)13-6-9-18(21-12-13)23-15-7-8-16(23)11-14(10-15)22-19(25)26-20(2,3)4/h6,9,12,14-16H,5,7-8,10-11H2,1-4H3,(H,22,25)/t14?,15-,16+. The first kappa shape index (κ1) is 18.7. The van der Waals surface area contributed by atoms with Crippen molar-refractivity contribution in [2.45, 2.75) is 83.5 Å². The first-order chi connectivity index (χ1) is 12.3. The minimum atomic E-state index is -0.481. The largest absolute Gasteiger partial charge is 0.444 e. The molecular formula is C20H29N3O3. The van der Waals surface area contributed by atoms with E-state index in [-0.39, 0.29) is 17.9 Å². The topological polar surface area (TPSA) is 71.5 Å². The molecule has 0 aromatic carbocycles. The third kappa shape index (κ3) is 4.17. The van der Waals surface area contributed by atoms with Crippen LogP contribution in [0.3, 0.4) is 0 Å². The Bertz CT molecular complexity index is 652. The highest BCUT2D eigenvalue weighted by atomic mass is 16.6. The van der Waals surface area contributed by atoms with Crippen LogP contribution in [0.15, 0.2) is 18.3 Å². The first-order valence-corrected chi connectivity index (χ1v) is 9.54. The van der Waals surface area contributed by atoms with Crippen molar-refractivity contribution in [3.05, 3.63) is 23.9 Å². The van der Waals surface area contributed by atoms with Gasteiger partial charge in [0.25, 0.3) is 0 Å². The number of aromatic nitrogens is 1. The number of piperidine rings is 1. The predicted octanol–water partition coefficient (Wildman–Crippen LogP) is 3.70. The summed E-state index contributed by atoms with van der Waals surface area (Å²) in [4.78, 5) is 30.7. The van der Waals surface area contributed by atoms with Crippen molar-refractivity contribution in [2.24, 2.45) is 0 Å². The smallest absolute Gasteiger partial charge is 0.407 e. The number of carbonyl (C=O) groups is 2. The molecule has 2 bridgehead atoms. The van der Waals surface area contributed by atoms with Crippen LogP contribution in [0, 0.1) is 0 Å². The van der Waals surface area contributed by atoms with E-state index in [4.69, 9.17) is 4.74 Å². The lowest BCUT2D eigenvalue weighted by molar-refractivity contribution is 0.0492. The fourth-order valence-corrected chi connectivity index (χ4v) is 4.05. The SMILES string of the molecule is CCC(=O)c1ccc(N2[C@@H]3CC[C@H]2CC(NC(=O)OC(C)(C)C)C3)nc1. The number of nitrogens with zero attached hydrogens (tertiary/aromatic N) is 2. The molecule has 1 aromatic rings. The summed E-state index contributed by atoms with van der Waals surface area (Å²) >= 11 is 0. The zero-order valence-electron chi connectivity index (χ0n) is 16.1. The molecule has 3 atom stereocenters. The molecule has 2 aliphatic rings. The number of alkyl carbamates (subject to hydrolysis) is 1. The molecule has 0 spiro atoms. The summed E-state index contributed by atoms with van der Waals surface area (Å²) in [5, 5.41) is 3.03. The summed E-state index contributed by atoms with van der Waals surface area (Å²) in [6, 6.07) is 4.71. The van der Waals surface area contributed by atoms with Crippen molar-refractivity contribution in [2.75, 3.05) is 4.90 Å². The first-order valence-electron chi connectivity index (χ1n) is 9.54. The van der Waals surface area contributed by atoms with Crippen LogP contribution in [-0.4, -0.2) is 40.6 Å². The summed E-state index contributed by atoms with van der Waals surface area (Å²) in [7, 11) is 0. The number of Topliss-reactive ketones (excluding diaryl/α,β-unsaturated/α-hetero) is 1. The van der Waals surface area contributed by atoms with Crippen LogP contribution in [0.2, 0.25) is 0 Å². The minimum absolute atomic E-state index is 0.118. The Morgan fingerprint density at radius 3 is 2.38 bits per heavy atom. The number of ketones is 1. The molecule has 1 aromatic heterocycles. The normalized spacial score (nSPS) is 25.1. The van der Waals surface area contributed by atoms with Gasteiger partial charge in [0.2, 0.25) is 0 Å². The quantitative estimate of drug-likeness (QED) is 0.830. The molecule has 2 fully saturated rings. The number of hydrogen-bond donors (Lipinski definition) is 1. The van der Waals surface area contributed by atoms with Crippen molar-refractivity contribution in [1.82, 2.24) is 10.3 Å². The lowest BCUT2D eigenvalue weighted by Gasteiger charge is -2.40. The summed E-state index contributed by atoms with van der Waals surface area (Å²) in [6.45, 7) is 7.48. The Hall–Kier alpha value is -2.11. The fourth-order valence-electron chi connectivity index (χ4n) is 4.05. The number of anilines is 1. The van der Waals surface area contributed by atoms with Crippen molar-refractivity contribution in [3.8, 4) is 0 Å². The van der Waals surface area contributed by atoms with Gasteiger partial charge in [-0.15, -0.1) is 0 Å². The molecule has 3 rings (SSSR count). The molecule has 1 amide bonds. The average Bonchev–Trinajstić information content (AvgIpc) is 2.83. The van der Waals surface area contributed by atoms with Gasteiger partial charge in [-0.1, -0.05) is 6.92 Å². The van der Waals surface area contributed by atoms with Gasteiger partial charge in [-0.05, 0) is 58.6 Å². The van der Waals surface area contributed by atoms with Crippen LogP contribution in [0.1, 0.15) is 70.2 Å². The Balaban J connectivity index is 1.64. The maximum Gasteiger partial charge on any atom is 0.407 e. The summed E-state index contributed by atoms with van der Waals surface area (Å²) in [5.41, 5.74) is 0.191. The van der Waals surface area contributed by atoms with E-state index in [1.807, 2.05) is 39.8 Å². The summed E-state index contributed by atoms with van der Waals surface area (Å²) < 4.78 is 5.38. The number of ether oxygens (including phenoxy) is 1. The third-order valence-corrected chi connectivity index (χ3v) is 5.11. The van der Waals surface area contributed by atoms with Crippen LogP contribution < -0.4 is 10.2 Å². The third-order valence-electron chi connectivity index (χ3n) is 5.11. The van der Waals surface area contributed by atoms with E-state index in [2.05, 4.69) is 15.2 Å². The van der Waals surface area contributed by atoms with Gasteiger partial charge < -0.3 is 15.0 Å². The van der Waals surface area contributed by atoms with E-state index in [1.165, 1.54) is 0 Å². The maximum absolute atomic E-state index is 12.1. The second-order valence-corrected chi connectivity index (χ2v) is 8.29. The summed E-state index contributed by atoms with van der Waals surface area (Å²) in [5.74, 6) is 1.05. The van der Waals surface area contributed by atoms with E-state index >= 15 is 0 Å². The average molecular weight is 359 g/mol. The molecule has 0 aliphatic carbocycles. The second kappa shape index (κ2) is 7.25. The van der Waals surface area contributed by atoms with Gasteiger partial charge in [0, 0.05) is 36.3 Å². The van der Waals surface area contributed by atoms with Gasteiger partial charge in [0.15, 0.2) is 5.78 Å². The predicted molar refractivity (Wildman–Crippen MR) is 101 cm³/mol. The van der Waals surface area contributed by atoms with Gasteiger partial charge in [-0.25, -0.2) is 9.78 Å². The highest BCUT2D eigenvalue weighted by Gasteiger charge is 2.42. The number of rotatable bonds is 4. The van der Waals surface area contributed by atoms with Crippen LogP contribution >= 0.6 is 0 Å². The van der Waals surface area contributed by atoms with Gasteiger partial charge in [0.1, 0.15) is 11.4 Å². The summed E-state index contributed by atoms with van der Waals surface area (Å²) in [6.07, 6.45) is 5.85. The number of amides is 1. The molecule has 1 unspecified atom stereocenters. The van der Waals surface area contributed by atoms with E-state index in [9.17, 15) is 9.59 Å². The number of nitrogens with one attached hydrogen (secondary N) is 1. The van der Waals surface area contributed by atoms with Crippen LogP contribution in [-0.2, 0) is 4.74 Å². The van der Waals surface area contributed by atoms with Crippen molar-refractivity contribution in [3.63, 3.8) is 0 Å². The Kier molecular flexibility index (Phi) is 5.21. The van der Waals surface area contributed by atoms with Gasteiger partial charge in [0.05, 0.1) is 0 Å². The minimum Gasteiger partial charge on any atom is -0.444 e. The molecule has 2 aliphatic heterocycles. The molecule has 0 saturated carbocycles. The monoisotopic (exact) mass is 359 g/mol. The zero-order chi connectivity index (χ0) is 18.9. The highest BCUT2D eigenvalue weighted by Crippen LogP contribution is 2.38. The number of carbonyl (C=O) groups excluding carboxylic acids is 2. The maximum atomic E-state index is 12.1. The van der Waals surface area contributed by atoms with Gasteiger partial charge >= 0.3 is 6.09 Å². The Morgan fingerprint density at radius 2 is 1.88 bits per heavy atom. The molecule has 142 valence electrons. The Labute approximate surface area is 155 Å². The molecule has 2 saturated heterocycles. The van der Waals surface area contributed by atoms with Gasteiger partial charge in [-0.3, -0.25) is 4.79 Å². The number of pyridine rings is 1. The second-order valence-electron chi connectivity index (χ2n) is 8.29. The van der Waals surface area contributed by atoms with E-state index < -0.39 is 5.60 Å². The molecule has 1 N–H and O–H groups in total. The van der Waals surface area contributed by atoms with E-state index in [1.54, 1.807) is 6.20 Å². The van der Waals surface area contributed by atoms with Crippen LogP contribution in [0.5, 0.6) is 0 Å². The molecule has 3 heterocycles. The lowest BCUT2D eigenvalue weighted by Crippen LogP contribution is -2.51. The molecular weight excluding hydrogens is 330 g/mol. The number of hydrogen-bond acceptors (Lipinski definition) is 5. The van der Waals surface area contributed by atoms with Crippen LogP contribution in [0.25, 0.3) is 0 Å². The molecule has 26 heavy (non-hydrogen) atoms. The zero-order valence-corrected chi connectivity index (χ0v) is 16.1.